The van der Waals surface area contributed by atoms with E-state index in [0.717, 1.165) is 5.56 Å². The second kappa shape index (κ2) is 6.02. The molecule has 0 heterocycles. The fourth-order valence-electron chi connectivity index (χ4n) is 1.71. The Bertz CT molecular complexity index is 696. The normalized spacial score (nSPS) is 11.0. The van der Waals surface area contributed by atoms with E-state index in [0.29, 0.717) is 16.2 Å². The van der Waals surface area contributed by atoms with Gasteiger partial charge >= 0.3 is 0 Å². The van der Waals surface area contributed by atoms with Crippen LogP contribution in [-0.2, 0) is 15.8 Å². The smallest absolute Gasteiger partial charge is 0.236 e. The summed E-state index contributed by atoms with van der Waals surface area (Å²) in [6.45, 7) is 0. The van der Waals surface area contributed by atoms with Gasteiger partial charge < -0.3 is 5.73 Å². The third-order valence-corrected chi connectivity index (χ3v) is 4.14. The number of rotatable bonds is 5. The lowest BCUT2D eigenvalue weighted by molar-refractivity contribution is 0.600. The largest absolute Gasteiger partial charge is 0.389 e. The van der Waals surface area contributed by atoms with Gasteiger partial charge in [-0.1, -0.05) is 54.7 Å². The number of hydrogen-bond acceptors (Lipinski definition) is 3. The zero-order chi connectivity index (χ0) is 14.6. The maximum absolute atomic E-state index is 12.0. The maximum atomic E-state index is 12.0. The van der Waals surface area contributed by atoms with Crippen molar-refractivity contribution in [1.29, 1.82) is 0 Å². The number of benzene rings is 2. The van der Waals surface area contributed by atoms with E-state index in [1.54, 1.807) is 48.5 Å². The summed E-state index contributed by atoms with van der Waals surface area (Å²) < 4.78 is 26.6. The monoisotopic (exact) mass is 306 g/mol. The van der Waals surface area contributed by atoms with Gasteiger partial charge in [-0.25, -0.2) is 8.42 Å². The molecule has 2 rings (SSSR count). The van der Waals surface area contributed by atoms with Gasteiger partial charge in [0.25, 0.3) is 0 Å². The highest BCUT2D eigenvalue weighted by Gasteiger charge is 2.11. The third-order valence-electron chi connectivity index (χ3n) is 2.64. The van der Waals surface area contributed by atoms with Gasteiger partial charge in [0.1, 0.15) is 4.99 Å². The molecule has 0 saturated heterocycles. The Balaban J connectivity index is 2.10. The van der Waals surface area contributed by atoms with Crippen LogP contribution in [0.2, 0.25) is 0 Å². The predicted octanol–water partition coefficient (Wildman–Crippen LogP) is 2.26. The standard InChI is InChI=1S/C14H14N2O2S2/c15-14(19)12-8-6-11(7-9-12)10-20(17,18)16-13-4-2-1-3-5-13/h1-9,16H,10H2,(H2,15,19). The molecule has 0 radical (unpaired) electrons. The summed E-state index contributed by atoms with van der Waals surface area (Å²) in [4.78, 5) is 0.293. The van der Waals surface area contributed by atoms with Crippen LogP contribution in [0.25, 0.3) is 0 Å². The Hall–Kier alpha value is -1.92. The summed E-state index contributed by atoms with van der Waals surface area (Å²) in [5, 5.41) is 0. The van der Waals surface area contributed by atoms with Crippen molar-refractivity contribution in [3.05, 3.63) is 65.7 Å². The fourth-order valence-corrected chi connectivity index (χ4v) is 3.04. The predicted molar refractivity (Wildman–Crippen MR) is 85.0 cm³/mol. The van der Waals surface area contributed by atoms with Crippen LogP contribution in [0.1, 0.15) is 11.1 Å². The van der Waals surface area contributed by atoms with Gasteiger partial charge in [0, 0.05) is 11.3 Å². The first kappa shape index (κ1) is 14.5. The Labute approximate surface area is 123 Å². The summed E-state index contributed by atoms with van der Waals surface area (Å²) >= 11 is 4.85. The van der Waals surface area contributed by atoms with Crippen LogP contribution in [0, 0.1) is 0 Å². The van der Waals surface area contributed by atoms with E-state index in [1.165, 1.54) is 0 Å². The van der Waals surface area contributed by atoms with Crippen LogP contribution in [0.15, 0.2) is 54.6 Å². The summed E-state index contributed by atoms with van der Waals surface area (Å²) in [5.74, 6) is -0.0977. The summed E-state index contributed by atoms with van der Waals surface area (Å²) in [7, 11) is -3.43. The van der Waals surface area contributed by atoms with E-state index in [9.17, 15) is 8.42 Å². The highest BCUT2D eigenvalue weighted by Crippen LogP contribution is 2.13. The minimum absolute atomic E-state index is 0.0977. The summed E-state index contributed by atoms with van der Waals surface area (Å²) in [6, 6.07) is 15.6. The van der Waals surface area contributed by atoms with Crippen molar-refractivity contribution < 1.29 is 8.42 Å². The second-order valence-electron chi connectivity index (χ2n) is 4.29. The van der Waals surface area contributed by atoms with Crippen molar-refractivity contribution in [1.82, 2.24) is 0 Å². The molecule has 3 N–H and O–H groups in total. The van der Waals surface area contributed by atoms with E-state index in [1.807, 2.05) is 6.07 Å². The number of nitrogens with two attached hydrogens (primary N) is 1. The molecule has 0 aliphatic carbocycles. The molecule has 0 aliphatic rings. The Morgan fingerprint density at radius 2 is 1.65 bits per heavy atom. The van der Waals surface area contributed by atoms with E-state index < -0.39 is 10.0 Å². The molecule has 2 aromatic carbocycles. The molecule has 6 heteroatoms. The van der Waals surface area contributed by atoms with E-state index in [2.05, 4.69) is 4.72 Å². The average Bonchev–Trinajstić information content (AvgIpc) is 2.39. The van der Waals surface area contributed by atoms with Gasteiger partial charge in [-0.15, -0.1) is 0 Å². The average molecular weight is 306 g/mol. The van der Waals surface area contributed by atoms with Crippen molar-refractivity contribution in [3.8, 4) is 0 Å². The second-order valence-corrected chi connectivity index (χ2v) is 6.45. The molecule has 20 heavy (non-hydrogen) atoms. The number of thiocarbonyl (C=S) groups is 1. The van der Waals surface area contributed by atoms with E-state index in [-0.39, 0.29) is 5.75 Å². The van der Waals surface area contributed by atoms with Crippen LogP contribution in [-0.4, -0.2) is 13.4 Å². The Morgan fingerprint density at radius 3 is 2.20 bits per heavy atom. The fraction of sp³-hybridized carbons (Fsp3) is 0.0714. The van der Waals surface area contributed by atoms with Gasteiger partial charge in [-0.2, -0.15) is 0 Å². The minimum atomic E-state index is -3.43. The lowest BCUT2D eigenvalue weighted by Gasteiger charge is -2.08. The molecular formula is C14H14N2O2S2. The zero-order valence-corrected chi connectivity index (χ0v) is 12.2. The molecule has 104 valence electrons. The van der Waals surface area contributed by atoms with E-state index in [4.69, 9.17) is 18.0 Å². The van der Waals surface area contributed by atoms with Crippen LogP contribution < -0.4 is 10.5 Å². The van der Waals surface area contributed by atoms with Crippen molar-refractivity contribution in [2.24, 2.45) is 5.73 Å². The van der Waals surface area contributed by atoms with Crippen molar-refractivity contribution in [2.45, 2.75) is 5.75 Å². The van der Waals surface area contributed by atoms with E-state index >= 15 is 0 Å². The molecule has 2 aromatic rings. The third kappa shape index (κ3) is 4.04. The molecule has 0 unspecified atom stereocenters. The van der Waals surface area contributed by atoms with Gasteiger partial charge in [0.05, 0.1) is 5.75 Å². The lowest BCUT2D eigenvalue weighted by atomic mass is 10.1. The molecule has 0 amide bonds. The summed E-state index contributed by atoms with van der Waals surface area (Å²) in [5.41, 5.74) is 7.44. The van der Waals surface area contributed by atoms with Crippen molar-refractivity contribution in [2.75, 3.05) is 4.72 Å². The molecular weight excluding hydrogens is 292 g/mol. The van der Waals surface area contributed by atoms with Gasteiger partial charge in [0.2, 0.25) is 10.0 Å². The Kier molecular flexibility index (Phi) is 4.36. The van der Waals surface area contributed by atoms with Crippen LogP contribution in [0.4, 0.5) is 5.69 Å². The van der Waals surface area contributed by atoms with Crippen molar-refractivity contribution in [3.63, 3.8) is 0 Å². The Morgan fingerprint density at radius 1 is 1.05 bits per heavy atom. The van der Waals surface area contributed by atoms with Gasteiger partial charge in [-0.3, -0.25) is 4.72 Å². The molecule has 0 atom stereocenters. The first-order chi connectivity index (χ1) is 9.46. The highest BCUT2D eigenvalue weighted by molar-refractivity contribution is 7.91. The number of hydrogen-bond donors (Lipinski definition) is 2. The molecule has 0 fully saturated rings. The molecule has 0 saturated carbocycles. The maximum Gasteiger partial charge on any atom is 0.236 e. The van der Waals surface area contributed by atoms with Crippen molar-refractivity contribution >= 4 is 32.9 Å². The van der Waals surface area contributed by atoms with Gasteiger partial charge in [0.15, 0.2) is 0 Å². The lowest BCUT2D eigenvalue weighted by Crippen LogP contribution is -2.15. The number of sulfonamides is 1. The number of para-hydroxylation sites is 1. The zero-order valence-electron chi connectivity index (χ0n) is 10.6. The summed E-state index contributed by atoms with van der Waals surface area (Å²) in [6.07, 6.45) is 0. The highest BCUT2D eigenvalue weighted by atomic mass is 32.2. The number of anilines is 1. The first-order valence-corrected chi connectivity index (χ1v) is 7.97. The SMILES string of the molecule is NC(=S)c1ccc(CS(=O)(=O)Nc2ccccc2)cc1. The molecule has 0 bridgehead atoms. The van der Waals surface area contributed by atoms with Crippen LogP contribution >= 0.6 is 12.2 Å². The topological polar surface area (TPSA) is 72.2 Å². The minimum Gasteiger partial charge on any atom is -0.389 e. The van der Waals surface area contributed by atoms with Crippen LogP contribution in [0.5, 0.6) is 0 Å². The molecule has 0 aromatic heterocycles. The van der Waals surface area contributed by atoms with Gasteiger partial charge in [-0.05, 0) is 17.7 Å². The first-order valence-electron chi connectivity index (χ1n) is 5.90. The molecule has 0 aliphatic heterocycles. The van der Waals surface area contributed by atoms with Crippen LogP contribution in [0.3, 0.4) is 0 Å². The molecule has 4 nitrogen and oxygen atoms in total. The molecule has 0 spiro atoms. The quantitative estimate of drug-likeness (QED) is 0.831. The number of nitrogens with one attached hydrogen (secondary N) is 1.